The third kappa shape index (κ3) is 20.9. The molecule has 0 aromatic rings. The minimum absolute atomic E-state index is 0.309. The predicted molar refractivity (Wildman–Crippen MR) is 125 cm³/mol. The Bertz CT molecular complexity index is 423. The molecule has 0 aliphatic carbocycles. The van der Waals surface area contributed by atoms with Crippen LogP contribution in [0.3, 0.4) is 0 Å². The van der Waals surface area contributed by atoms with Crippen LogP contribution in [-0.4, -0.2) is 29.9 Å². The third-order valence-corrected chi connectivity index (χ3v) is 7.30. The zero-order chi connectivity index (χ0) is 21.6. The van der Waals surface area contributed by atoms with Gasteiger partial charge in [-0.05, 0) is 19.3 Å². The van der Waals surface area contributed by atoms with Crippen molar-refractivity contribution in [2.24, 2.45) is 0 Å². The number of aliphatic hydroxyl groups is 1. The number of unbranched alkanes of at least 4 members (excludes halogenated alkanes) is 17. The lowest BCUT2D eigenvalue weighted by Crippen LogP contribution is -2.20. The molecule has 0 amide bonds. The van der Waals surface area contributed by atoms with E-state index in [2.05, 4.69) is 6.92 Å². The standard InChI is InChI=1S/C24H50O4S/c1-2-3-4-5-6-9-12-15-18-21-24(29(26,27)28)22-19-16-13-10-7-8-11-14-17-20-23-25/h24-25H,2-23H2,1H3,(H,26,27,28). The van der Waals surface area contributed by atoms with E-state index in [9.17, 15) is 13.0 Å². The van der Waals surface area contributed by atoms with E-state index in [-0.39, 0.29) is 0 Å². The smallest absolute Gasteiger partial charge is 0.267 e. The van der Waals surface area contributed by atoms with Crippen molar-refractivity contribution in [1.82, 2.24) is 0 Å². The highest BCUT2D eigenvalue weighted by Gasteiger charge is 2.21. The lowest BCUT2D eigenvalue weighted by Gasteiger charge is -2.13. The number of hydrogen-bond donors (Lipinski definition) is 2. The van der Waals surface area contributed by atoms with Crippen LogP contribution in [0.2, 0.25) is 0 Å². The maximum absolute atomic E-state index is 11.7. The van der Waals surface area contributed by atoms with Crippen molar-refractivity contribution in [1.29, 1.82) is 0 Å². The van der Waals surface area contributed by atoms with E-state index < -0.39 is 15.4 Å². The van der Waals surface area contributed by atoms with Crippen molar-refractivity contribution in [2.75, 3.05) is 6.61 Å². The number of rotatable bonds is 23. The molecule has 1 atom stereocenters. The molecule has 0 aliphatic heterocycles. The first kappa shape index (κ1) is 28.9. The van der Waals surface area contributed by atoms with Crippen molar-refractivity contribution in [3.8, 4) is 0 Å². The van der Waals surface area contributed by atoms with Crippen LogP contribution in [0.5, 0.6) is 0 Å². The highest BCUT2D eigenvalue weighted by molar-refractivity contribution is 7.86. The van der Waals surface area contributed by atoms with E-state index in [0.29, 0.717) is 19.4 Å². The molecule has 2 N–H and O–H groups in total. The van der Waals surface area contributed by atoms with Crippen molar-refractivity contribution >= 4 is 10.1 Å². The topological polar surface area (TPSA) is 74.6 Å². The summed E-state index contributed by atoms with van der Waals surface area (Å²) in [6, 6.07) is 0. The monoisotopic (exact) mass is 434 g/mol. The molecular formula is C24H50O4S. The molecule has 0 heterocycles. The lowest BCUT2D eigenvalue weighted by atomic mass is 10.0. The highest BCUT2D eigenvalue weighted by Crippen LogP contribution is 2.19. The molecule has 5 heteroatoms. The Morgan fingerprint density at radius 1 is 0.552 bits per heavy atom. The van der Waals surface area contributed by atoms with E-state index in [4.69, 9.17) is 5.11 Å². The summed E-state index contributed by atoms with van der Waals surface area (Å²) < 4.78 is 32.8. The summed E-state index contributed by atoms with van der Waals surface area (Å²) >= 11 is 0. The normalized spacial score (nSPS) is 13.1. The average Bonchev–Trinajstić information content (AvgIpc) is 2.68. The summed E-state index contributed by atoms with van der Waals surface area (Å²) in [6.07, 6.45) is 23.6. The predicted octanol–water partition coefficient (Wildman–Crippen LogP) is 7.45. The van der Waals surface area contributed by atoms with E-state index in [0.717, 1.165) is 44.9 Å². The Hall–Kier alpha value is -0.130. The fourth-order valence-corrected chi connectivity index (χ4v) is 4.95. The second-order valence-corrected chi connectivity index (χ2v) is 10.5. The molecule has 0 bridgehead atoms. The van der Waals surface area contributed by atoms with Gasteiger partial charge < -0.3 is 5.11 Å². The summed E-state index contributed by atoms with van der Waals surface area (Å²) in [5, 5.41) is 8.18. The first-order chi connectivity index (χ1) is 14.0. The van der Waals surface area contributed by atoms with Gasteiger partial charge >= 0.3 is 0 Å². The molecule has 1 unspecified atom stereocenters. The summed E-state index contributed by atoms with van der Waals surface area (Å²) in [5.74, 6) is 0. The molecule has 29 heavy (non-hydrogen) atoms. The molecule has 4 nitrogen and oxygen atoms in total. The lowest BCUT2D eigenvalue weighted by molar-refractivity contribution is 0.282. The zero-order valence-electron chi connectivity index (χ0n) is 19.3. The van der Waals surface area contributed by atoms with Gasteiger partial charge in [0.1, 0.15) is 0 Å². The Labute approximate surface area is 182 Å². The maximum Gasteiger partial charge on any atom is 0.267 e. The molecule has 0 rings (SSSR count). The maximum atomic E-state index is 11.7. The summed E-state index contributed by atoms with van der Waals surface area (Å²) in [4.78, 5) is 0. The Kier molecular flexibility index (Phi) is 21.0. The first-order valence-electron chi connectivity index (χ1n) is 12.6. The minimum Gasteiger partial charge on any atom is -0.396 e. The minimum atomic E-state index is -3.90. The molecule has 0 aromatic heterocycles. The molecule has 0 radical (unpaired) electrons. The van der Waals surface area contributed by atoms with Gasteiger partial charge in [0, 0.05) is 6.61 Å². The Balaban J connectivity index is 3.63. The molecule has 0 aromatic carbocycles. The van der Waals surface area contributed by atoms with Crippen LogP contribution >= 0.6 is 0 Å². The highest BCUT2D eigenvalue weighted by atomic mass is 32.2. The molecule has 0 spiro atoms. The van der Waals surface area contributed by atoms with Gasteiger partial charge in [-0.1, -0.05) is 122 Å². The molecule has 0 saturated heterocycles. The second kappa shape index (κ2) is 21.1. The fourth-order valence-electron chi connectivity index (χ4n) is 4.02. The third-order valence-electron chi connectivity index (χ3n) is 5.99. The molecule has 0 fully saturated rings. The van der Waals surface area contributed by atoms with Crippen LogP contribution < -0.4 is 0 Å². The Morgan fingerprint density at radius 3 is 1.17 bits per heavy atom. The van der Waals surface area contributed by atoms with E-state index in [1.54, 1.807) is 0 Å². The van der Waals surface area contributed by atoms with E-state index >= 15 is 0 Å². The van der Waals surface area contributed by atoms with Crippen LogP contribution in [-0.2, 0) is 10.1 Å². The molecular weight excluding hydrogens is 384 g/mol. The zero-order valence-corrected chi connectivity index (χ0v) is 20.1. The molecule has 0 aliphatic rings. The fraction of sp³-hybridized carbons (Fsp3) is 1.00. The van der Waals surface area contributed by atoms with Gasteiger partial charge in [-0.2, -0.15) is 8.42 Å². The number of aliphatic hydroxyl groups excluding tert-OH is 1. The largest absolute Gasteiger partial charge is 0.396 e. The van der Waals surface area contributed by atoms with E-state index in [1.165, 1.54) is 77.0 Å². The number of hydrogen-bond acceptors (Lipinski definition) is 3. The summed E-state index contributed by atoms with van der Waals surface area (Å²) in [5.41, 5.74) is 0. The van der Waals surface area contributed by atoms with Crippen LogP contribution in [0, 0.1) is 0 Å². The van der Waals surface area contributed by atoms with Crippen molar-refractivity contribution in [3.05, 3.63) is 0 Å². The quantitative estimate of drug-likeness (QED) is 0.129. The van der Waals surface area contributed by atoms with Gasteiger partial charge in [-0.3, -0.25) is 4.55 Å². The van der Waals surface area contributed by atoms with Crippen LogP contribution in [0.1, 0.15) is 142 Å². The summed E-state index contributed by atoms with van der Waals surface area (Å²) in [6.45, 7) is 2.54. The van der Waals surface area contributed by atoms with Gasteiger partial charge in [-0.25, -0.2) is 0 Å². The van der Waals surface area contributed by atoms with Crippen LogP contribution in [0.15, 0.2) is 0 Å². The summed E-state index contributed by atoms with van der Waals surface area (Å²) in [7, 11) is -3.90. The Morgan fingerprint density at radius 2 is 0.862 bits per heavy atom. The van der Waals surface area contributed by atoms with Crippen LogP contribution in [0.4, 0.5) is 0 Å². The SMILES string of the molecule is CCCCCCCCCCCC(CCCCCCCCCCCCO)S(=O)(=O)O. The van der Waals surface area contributed by atoms with Crippen molar-refractivity contribution in [2.45, 2.75) is 147 Å². The van der Waals surface area contributed by atoms with Crippen molar-refractivity contribution in [3.63, 3.8) is 0 Å². The van der Waals surface area contributed by atoms with Gasteiger partial charge in [0.2, 0.25) is 0 Å². The second-order valence-electron chi connectivity index (χ2n) is 8.80. The molecule has 0 saturated carbocycles. The first-order valence-corrected chi connectivity index (χ1v) is 14.1. The van der Waals surface area contributed by atoms with Crippen LogP contribution in [0.25, 0.3) is 0 Å². The van der Waals surface area contributed by atoms with Gasteiger partial charge in [-0.15, -0.1) is 0 Å². The van der Waals surface area contributed by atoms with Gasteiger partial charge in [0.05, 0.1) is 5.25 Å². The van der Waals surface area contributed by atoms with Crippen molar-refractivity contribution < 1.29 is 18.1 Å². The molecule has 176 valence electrons. The van der Waals surface area contributed by atoms with E-state index in [1.807, 2.05) is 0 Å². The average molecular weight is 435 g/mol. The van der Waals surface area contributed by atoms with Gasteiger partial charge in [0.25, 0.3) is 10.1 Å². The van der Waals surface area contributed by atoms with Gasteiger partial charge in [0.15, 0.2) is 0 Å².